The number of hydrogen-bond acceptors (Lipinski definition) is 5. The highest BCUT2D eigenvalue weighted by Gasteiger charge is 2.60. The van der Waals surface area contributed by atoms with Crippen LogP contribution in [0.2, 0.25) is 0 Å². The van der Waals surface area contributed by atoms with E-state index in [1.807, 2.05) is 25.1 Å². The Balaban J connectivity index is 1.40. The third kappa shape index (κ3) is 3.06. The zero-order chi connectivity index (χ0) is 19.1. The van der Waals surface area contributed by atoms with E-state index in [1.165, 1.54) is 18.4 Å². The summed E-state index contributed by atoms with van der Waals surface area (Å²) in [4.78, 5) is 15.7. The van der Waals surface area contributed by atoms with Crippen LogP contribution >= 0.6 is 0 Å². The van der Waals surface area contributed by atoms with Gasteiger partial charge in [0, 0.05) is 30.6 Å². The molecule has 1 aromatic heterocycles. The summed E-state index contributed by atoms with van der Waals surface area (Å²) in [6.07, 6.45) is 6.24. The fourth-order valence-electron chi connectivity index (χ4n) is 5.41. The minimum absolute atomic E-state index is 0.0325. The summed E-state index contributed by atoms with van der Waals surface area (Å²) in [5, 5.41) is 4.32. The van der Waals surface area contributed by atoms with E-state index in [2.05, 4.69) is 28.3 Å². The quantitative estimate of drug-likeness (QED) is 0.678. The average Bonchev–Trinajstić information content (AvgIpc) is 3.24. The molecule has 0 spiro atoms. The van der Waals surface area contributed by atoms with Crippen LogP contribution in [0.25, 0.3) is 0 Å². The maximum Gasteiger partial charge on any atom is 0.314 e. The van der Waals surface area contributed by atoms with Crippen LogP contribution in [0.15, 0.2) is 40.9 Å². The molecule has 5 rings (SSSR count). The lowest BCUT2D eigenvalue weighted by Crippen LogP contribution is -2.46. The van der Waals surface area contributed by atoms with Gasteiger partial charge in [-0.05, 0) is 51.0 Å². The highest BCUT2D eigenvalue weighted by molar-refractivity contribution is 5.79. The Morgan fingerprint density at radius 3 is 2.82 bits per heavy atom. The van der Waals surface area contributed by atoms with E-state index in [0.29, 0.717) is 18.6 Å². The second kappa shape index (κ2) is 7.03. The molecule has 0 radical (unpaired) electrons. The van der Waals surface area contributed by atoms with Crippen molar-refractivity contribution in [2.24, 2.45) is 5.41 Å². The monoisotopic (exact) mass is 380 g/mol. The molecular weight excluding hydrogens is 352 g/mol. The molecule has 3 heterocycles. The van der Waals surface area contributed by atoms with Crippen LogP contribution in [0.3, 0.4) is 0 Å². The molecular formula is C23H28N2O3. The molecule has 0 amide bonds. The fraction of sp³-hybridized carbons (Fsp3) is 0.565. The molecule has 5 heteroatoms. The lowest BCUT2D eigenvalue weighted by Gasteiger charge is -2.35. The number of fused-ring (bicyclic) bond motifs is 2. The fourth-order valence-corrected chi connectivity index (χ4v) is 5.41. The number of aromatic nitrogens is 1. The van der Waals surface area contributed by atoms with Gasteiger partial charge >= 0.3 is 5.97 Å². The first kappa shape index (κ1) is 17.9. The second-order valence-electron chi connectivity index (χ2n) is 8.66. The average molecular weight is 380 g/mol. The molecule has 3 atom stereocenters. The van der Waals surface area contributed by atoms with Gasteiger partial charge in [-0.2, -0.15) is 0 Å². The SMILES string of the molecule is CCOC(=O)[C@@]1(Cc2ccccc2)C[C@H]2CC[C@@H]1N2Cc1cc(C2CC2)on1. The number of ether oxygens (including phenoxy) is 1. The van der Waals surface area contributed by atoms with Crippen molar-refractivity contribution < 1.29 is 14.1 Å². The normalized spacial score (nSPS) is 29.3. The lowest BCUT2D eigenvalue weighted by atomic mass is 9.70. The number of hydrogen-bond donors (Lipinski definition) is 0. The number of carbonyl (C=O) groups is 1. The Morgan fingerprint density at radius 1 is 1.25 bits per heavy atom. The summed E-state index contributed by atoms with van der Waals surface area (Å²) >= 11 is 0. The van der Waals surface area contributed by atoms with Crippen molar-refractivity contribution in [2.45, 2.75) is 70.0 Å². The van der Waals surface area contributed by atoms with E-state index in [9.17, 15) is 4.79 Å². The van der Waals surface area contributed by atoms with E-state index < -0.39 is 5.41 Å². The Hall–Kier alpha value is -2.14. The summed E-state index contributed by atoms with van der Waals surface area (Å²) in [6.45, 7) is 3.09. The summed E-state index contributed by atoms with van der Waals surface area (Å²) in [6, 6.07) is 13.1. The van der Waals surface area contributed by atoms with E-state index in [-0.39, 0.29) is 12.0 Å². The number of rotatable bonds is 7. The smallest absolute Gasteiger partial charge is 0.314 e. The van der Waals surface area contributed by atoms with Crippen LogP contribution in [0.4, 0.5) is 0 Å². The van der Waals surface area contributed by atoms with Gasteiger partial charge in [-0.25, -0.2) is 0 Å². The Morgan fingerprint density at radius 2 is 2.07 bits per heavy atom. The molecule has 3 aliphatic rings. The van der Waals surface area contributed by atoms with Crippen LogP contribution < -0.4 is 0 Å². The third-order valence-electron chi connectivity index (χ3n) is 6.83. The van der Waals surface area contributed by atoms with Gasteiger partial charge in [-0.15, -0.1) is 0 Å². The number of nitrogens with zero attached hydrogens (tertiary/aromatic N) is 2. The molecule has 28 heavy (non-hydrogen) atoms. The van der Waals surface area contributed by atoms with Crippen LogP contribution in [0, 0.1) is 5.41 Å². The molecule has 2 bridgehead atoms. The molecule has 2 aliphatic heterocycles. The van der Waals surface area contributed by atoms with Crippen LogP contribution in [0.5, 0.6) is 0 Å². The molecule has 2 aromatic rings. The summed E-state index contributed by atoms with van der Waals surface area (Å²) in [5.74, 6) is 1.57. The molecule has 0 unspecified atom stereocenters. The van der Waals surface area contributed by atoms with Gasteiger partial charge in [0.1, 0.15) is 5.76 Å². The highest BCUT2D eigenvalue weighted by atomic mass is 16.5. The standard InChI is InChI=1S/C23H28N2O3/c1-2-27-22(26)23(13-16-6-4-3-5-7-16)14-19-10-11-21(23)25(19)15-18-12-20(28-24-18)17-8-9-17/h3-7,12,17,19,21H,2,8-11,13-15H2,1H3/t19-,21+,23+/m1/s1. The van der Waals surface area contributed by atoms with Gasteiger partial charge in [0.15, 0.2) is 0 Å². The van der Waals surface area contributed by atoms with Gasteiger partial charge in [0.25, 0.3) is 0 Å². The van der Waals surface area contributed by atoms with E-state index >= 15 is 0 Å². The molecule has 1 aromatic carbocycles. The molecule has 2 saturated heterocycles. The number of benzene rings is 1. The predicted octanol–water partition coefficient (Wildman–Crippen LogP) is 4.08. The maximum absolute atomic E-state index is 13.2. The molecule has 1 aliphatic carbocycles. The second-order valence-corrected chi connectivity index (χ2v) is 8.66. The first-order valence-electron chi connectivity index (χ1n) is 10.6. The van der Waals surface area contributed by atoms with Gasteiger partial charge in [-0.1, -0.05) is 35.5 Å². The molecule has 5 nitrogen and oxygen atoms in total. The molecule has 0 N–H and O–H groups in total. The Labute approximate surface area is 166 Å². The van der Waals surface area contributed by atoms with Crippen LogP contribution in [0.1, 0.15) is 62.0 Å². The van der Waals surface area contributed by atoms with Gasteiger partial charge in [0.2, 0.25) is 0 Å². The molecule has 148 valence electrons. The highest BCUT2D eigenvalue weighted by Crippen LogP contribution is 2.53. The molecule has 3 fully saturated rings. The third-order valence-corrected chi connectivity index (χ3v) is 6.83. The van der Waals surface area contributed by atoms with Crippen LogP contribution in [-0.2, 0) is 22.5 Å². The first-order chi connectivity index (χ1) is 13.7. The van der Waals surface area contributed by atoms with Gasteiger partial charge in [0.05, 0.1) is 17.7 Å². The van der Waals surface area contributed by atoms with Crippen LogP contribution in [-0.4, -0.2) is 34.7 Å². The first-order valence-corrected chi connectivity index (χ1v) is 10.6. The predicted molar refractivity (Wildman–Crippen MR) is 105 cm³/mol. The lowest BCUT2D eigenvalue weighted by molar-refractivity contribution is -0.157. The maximum atomic E-state index is 13.2. The topological polar surface area (TPSA) is 55.6 Å². The van der Waals surface area contributed by atoms with Gasteiger partial charge < -0.3 is 9.26 Å². The minimum atomic E-state index is -0.455. The van der Waals surface area contributed by atoms with Crippen molar-refractivity contribution in [2.75, 3.05) is 6.61 Å². The van der Waals surface area contributed by atoms with Crippen molar-refractivity contribution in [3.8, 4) is 0 Å². The van der Waals surface area contributed by atoms with E-state index in [1.54, 1.807) is 0 Å². The number of carbonyl (C=O) groups excluding carboxylic acids is 1. The Kier molecular flexibility index (Phi) is 4.50. The summed E-state index contributed by atoms with van der Waals surface area (Å²) in [5.41, 5.74) is 1.75. The van der Waals surface area contributed by atoms with Crippen molar-refractivity contribution in [3.05, 3.63) is 53.4 Å². The minimum Gasteiger partial charge on any atom is -0.466 e. The zero-order valence-corrected chi connectivity index (χ0v) is 16.5. The Bertz CT molecular complexity index is 845. The summed E-state index contributed by atoms with van der Waals surface area (Å²) < 4.78 is 11.2. The van der Waals surface area contributed by atoms with Gasteiger partial charge in [-0.3, -0.25) is 9.69 Å². The number of esters is 1. The zero-order valence-electron chi connectivity index (χ0n) is 16.5. The van der Waals surface area contributed by atoms with E-state index in [4.69, 9.17) is 9.26 Å². The van der Waals surface area contributed by atoms with Crippen molar-refractivity contribution in [1.29, 1.82) is 0 Å². The largest absolute Gasteiger partial charge is 0.466 e. The van der Waals surface area contributed by atoms with Crippen molar-refractivity contribution in [1.82, 2.24) is 10.1 Å². The van der Waals surface area contributed by atoms with Crippen molar-refractivity contribution in [3.63, 3.8) is 0 Å². The summed E-state index contributed by atoms with van der Waals surface area (Å²) in [7, 11) is 0. The van der Waals surface area contributed by atoms with Crippen molar-refractivity contribution >= 4 is 5.97 Å². The van der Waals surface area contributed by atoms with E-state index in [0.717, 1.165) is 43.7 Å². The molecule has 1 saturated carbocycles.